The van der Waals surface area contributed by atoms with Gasteiger partial charge in [0.1, 0.15) is 32.3 Å². The fourth-order valence-corrected chi connectivity index (χ4v) is 42.2. The van der Waals surface area contributed by atoms with E-state index in [2.05, 4.69) is 538 Å². The van der Waals surface area contributed by atoms with Crippen molar-refractivity contribution in [2.45, 2.75) is 382 Å². The molecule has 8 aromatic carbocycles. The van der Waals surface area contributed by atoms with E-state index in [1.807, 2.05) is 0 Å². The van der Waals surface area contributed by atoms with E-state index in [9.17, 15) is 0 Å². The summed E-state index contributed by atoms with van der Waals surface area (Å²) < 4.78 is 5.08. The fourth-order valence-electron chi connectivity index (χ4n) is 16.5. The predicted molar refractivity (Wildman–Crippen MR) is 571 cm³/mol. The summed E-state index contributed by atoms with van der Waals surface area (Å²) >= 11 is 0. The van der Waals surface area contributed by atoms with Crippen LogP contribution in [0, 0.1) is 0 Å². The number of hydrogen-bond acceptors (Lipinski definition) is 1. The minimum atomic E-state index is -1.70. The Hall–Kier alpha value is -4.33. The summed E-state index contributed by atoms with van der Waals surface area (Å²) in [6, 6.07) is 80.1. The van der Waals surface area contributed by atoms with Crippen LogP contribution >= 0.6 is 0 Å². The lowest BCUT2D eigenvalue weighted by molar-refractivity contribution is 0.411. The highest BCUT2D eigenvalue weighted by molar-refractivity contribution is 7.07. The third-order valence-corrected chi connectivity index (χ3v) is 81.3. The molecule has 0 aromatic heterocycles. The van der Waals surface area contributed by atoms with E-state index in [4.69, 9.17) is 4.43 Å². The van der Waals surface area contributed by atoms with Gasteiger partial charge in [0.15, 0.2) is 8.32 Å². The van der Waals surface area contributed by atoms with Gasteiger partial charge in [-0.05, 0) is 103 Å². The van der Waals surface area contributed by atoms with Crippen LogP contribution in [0.25, 0.3) is 22.3 Å². The lowest BCUT2D eigenvalue weighted by atomic mass is 10.1. The summed E-state index contributed by atoms with van der Waals surface area (Å²) in [5.41, 5.74) is 9.42. The van der Waals surface area contributed by atoms with E-state index in [0.29, 0.717) is 40.3 Å². The summed E-state index contributed by atoms with van der Waals surface area (Å²) in [5.74, 6) is 0. The first-order valence-corrected chi connectivity index (χ1v) is 71.1. The Kier molecular flexibility index (Phi) is 39.2. The molecule has 1 nitrogen and oxygen atoms in total. The Balaban J connectivity index is 0.000000460. The van der Waals surface area contributed by atoms with Crippen molar-refractivity contribution in [1.29, 1.82) is 0 Å². The van der Waals surface area contributed by atoms with Gasteiger partial charge in [0.2, 0.25) is 0 Å². The van der Waals surface area contributed by atoms with Gasteiger partial charge >= 0.3 is 0 Å². The monoisotopic (exact) mass is 1750 g/mol. The molecule has 0 bridgehead atoms. The Labute approximate surface area is 742 Å². The van der Waals surface area contributed by atoms with Gasteiger partial charge in [-0.15, -0.1) is 0 Å². The molecule has 10 heteroatoms. The molecule has 0 saturated heterocycles. The molecule has 8 aromatic rings. The van der Waals surface area contributed by atoms with Crippen LogP contribution in [0.5, 0.6) is 0 Å². The van der Waals surface area contributed by atoms with Crippen molar-refractivity contribution in [2.75, 3.05) is 7.11 Å². The Morgan fingerprint density at radius 3 is 0.475 bits per heavy atom. The van der Waals surface area contributed by atoms with E-state index >= 15 is 0 Å². The average molecular weight is 1750 g/mol. The van der Waals surface area contributed by atoms with Gasteiger partial charge in [-0.3, -0.25) is 0 Å². The molecule has 0 fully saturated rings. The maximum atomic E-state index is 5.08. The maximum absolute atomic E-state index is 5.08. The number of fused-ring (bicyclic) bond motifs is 6. The van der Waals surface area contributed by atoms with Gasteiger partial charge in [-0.2, -0.15) is 0 Å². The molecule has 10 rings (SSSR count). The van der Waals surface area contributed by atoms with Crippen molar-refractivity contribution < 1.29 is 4.43 Å². The van der Waals surface area contributed by atoms with Gasteiger partial charge < -0.3 is 4.43 Å². The summed E-state index contributed by atoms with van der Waals surface area (Å²) in [6.07, 6.45) is 0. The van der Waals surface area contributed by atoms with Crippen LogP contribution < -0.4 is 41.5 Å². The first-order chi connectivity index (χ1) is 53.2. The zero-order valence-electron chi connectivity index (χ0n) is 86.0. The predicted octanol–water partition coefficient (Wildman–Crippen LogP) is 31.8. The largest absolute Gasteiger partial charge is 0.421 e. The Morgan fingerprint density at radius 1 is 0.229 bits per heavy atom. The average Bonchev–Trinajstić information content (AvgIpc) is 1.56. The molecular weight excluding hydrogens is 1570 g/mol. The van der Waals surface area contributed by atoms with Crippen LogP contribution in [0.15, 0.2) is 218 Å². The van der Waals surface area contributed by atoms with Crippen LogP contribution in [0.4, 0.5) is 0 Å². The maximum Gasteiger partial charge on any atom is 0.183 e. The molecule has 0 unspecified atom stereocenters. The minimum absolute atomic E-state index is 0.301. The van der Waals surface area contributed by atoms with Gasteiger partial charge in [-0.1, -0.05) is 561 Å². The molecule has 0 saturated carbocycles. The van der Waals surface area contributed by atoms with E-state index in [1.165, 1.54) is 43.0 Å². The van der Waals surface area contributed by atoms with Gasteiger partial charge in [0.05, 0.1) is 16.1 Å². The van der Waals surface area contributed by atoms with Gasteiger partial charge in [0, 0.05) is 23.3 Å². The zero-order valence-corrected chi connectivity index (χ0v) is 95.0. The molecule has 2 aliphatic heterocycles. The second kappa shape index (κ2) is 42.1. The van der Waals surface area contributed by atoms with E-state index in [0.717, 1.165) is 22.2 Å². The Bertz CT molecular complexity index is 3740. The summed E-state index contributed by atoms with van der Waals surface area (Å²) in [7, 11) is -9.95. The fraction of sp³-hybridized carbons (Fsp3) is 0.556. The smallest absolute Gasteiger partial charge is 0.183 e. The highest BCUT2D eigenvalue weighted by Gasteiger charge is 2.52. The van der Waals surface area contributed by atoms with Crippen LogP contribution in [0.3, 0.4) is 0 Å². The molecule has 0 atom stereocenters. The third kappa shape index (κ3) is 26.6. The van der Waals surface area contributed by atoms with Crippen molar-refractivity contribution in [3.05, 3.63) is 218 Å². The molecule has 0 N–H and O–H groups in total. The van der Waals surface area contributed by atoms with Crippen LogP contribution in [0.2, 0.25) is 161 Å². The highest BCUT2D eigenvalue weighted by atomic mass is 28.4. The number of hydrogen-bond donors (Lipinski definition) is 0. The quantitative estimate of drug-likeness (QED) is 0.131. The van der Waals surface area contributed by atoms with Crippen LogP contribution in [-0.2, 0) is 4.43 Å². The minimum Gasteiger partial charge on any atom is -0.421 e. The normalized spacial score (nSPS) is 14.2. The molecule has 118 heavy (non-hydrogen) atoms. The number of benzene rings is 8. The molecule has 2 heterocycles. The zero-order chi connectivity index (χ0) is 91.9. The van der Waals surface area contributed by atoms with Crippen molar-refractivity contribution in [2.24, 2.45) is 0 Å². The molecule has 658 valence electrons. The van der Waals surface area contributed by atoms with Crippen molar-refractivity contribution in [3.8, 4) is 22.3 Å². The van der Waals surface area contributed by atoms with Crippen molar-refractivity contribution in [3.63, 3.8) is 0 Å². The van der Waals surface area contributed by atoms with E-state index < -0.39 is 72.9 Å². The molecular formula is C108H184OSi9. The standard InChI is InChI=1S/2C17H20Si.2C17H22Si.2C11H26Si.2C7H18Si.C4H12OSi/c2*1-17(2,3)18(4)15-11-7-5-9-13(15)14-10-6-8-12-16(14)18;2*1-17(2,3)18(4,15-11-7-5-8-12-15)16-13-9-6-10-14-16;2*1-9(2)12(8,10(3)4)11(5,6)7;2*1-7(2,3)8(4,5)6;1-5-6(2,3)4/h2*5-12H,1-4H3;2*5-14H,1-4H3;2*9-10H,1-8H3;2*1-6H3;1-4H3. The van der Waals surface area contributed by atoms with Crippen molar-refractivity contribution in [1.82, 2.24) is 0 Å². The van der Waals surface area contributed by atoms with Gasteiger partial charge in [-0.25, -0.2) is 0 Å². The van der Waals surface area contributed by atoms with Crippen LogP contribution in [0.1, 0.15) is 222 Å². The SMILES string of the molecule is CC(C)(C)[Si](C)(C)C.CC(C)(C)[Si](C)(C)C.CC(C)(C)[Si](C)(c1ccccc1)c1ccccc1.CC(C)(C)[Si](C)(c1ccccc1)c1ccccc1.CC(C)(C)[Si]1(C)c2ccccc2-c2ccccc21.CC(C)(C)[Si]1(C)c2ccccc2-c2ccccc21.CC(C)[Si](C)(C(C)C)C(C)(C)C.CC(C)[Si](C)(C(C)C)C(C)(C)C.CO[Si](C)(C)C. The topological polar surface area (TPSA) is 9.23 Å². The first kappa shape index (κ1) is 110. The lowest BCUT2D eigenvalue weighted by Crippen LogP contribution is -2.61. The molecule has 0 radical (unpaired) electrons. The summed E-state index contributed by atoms with van der Waals surface area (Å²) in [4.78, 5) is 0. The lowest BCUT2D eigenvalue weighted by Gasteiger charge is -2.47. The molecule has 0 amide bonds. The Morgan fingerprint density at radius 2 is 0.373 bits per heavy atom. The third-order valence-electron chi connectivity index (χ3n) is 31.0. The van der Waals surface area contributed by atoms with Gasteiger partial charge in [0.25, 0.3) is 0 Å². The summed E-state index contributed by atoms with van der Waals surface area (Å²) in [5, 5.41) is 16.0. The highest BCUT2D eigenvalue weighted by Crippen LogP contribution is 2.52. The summed E-state index contributed by atoms with van der Waals surface area (Å²) in [6.45, 7) is 112. The molecule has 0 spiro atoms. The number of rotatable bonds is 9. The molecule has 2 aliphatic rings. The molecule has 0 aliphatic carbocycles. The second-order valence-electron chi connectivity index (χ2n) is 48.1. The van der Waals surface area contributed by atoms with Crippen molar-refractivity contribution >= 4 is 114 Å². The first-order valence-electron chi connectivity index (χ1n) is 45.3. The van der Waals surface area contributed by atoms with E-state index in [1.54, 1.807) is 27.9 Å². The second-order valence-corrected chi connectivity index (χ2v) is 97.0. The van der Waals surface area contributed by atoms with Crippen LogP contribution in [-0.4, -0.2) is 80.0 Å². The van der Waals surface area contributed by atoms with E-state index in [-0.39, 0.29) is 0 Å².